The van der Waals surface area contributed by atoms with Gasteiger partial charge in [0.15, 0.2) is 0 Å². The Hall–Kier alpha value is -0.450. The van der Waals surface area contributed by atoms with Crippen molar-refractivity contribution in [1.29, 1.82) is 0 Å². The lowest BCUT2D eigenvalue weighted by molar-refractivity contribution is 0.224. The Morgan fingerprint density at radius 3 is 3.06 bits per heavy atom. The highest BCUT2D eigenvalue weighted by Crippen LogP contribution is 2.30. The van der Waals surface area contributed by atoms with Crippen molar-refractivity contribution in [3.05, 3.63) is 16.1 Å². The average Bonchev–Trinajstić information content (AvgIpc) is 2.73. The second kappa shape index (κ2) is 5.68. The van der Waals surface area contributed by atoms with Gasteiger partial charge in [-0.05, 0) is 32.6 Å². The molecular weight excluding hydrogens is 242 g/mol. The van der Waals surface area contributed by atoms with E-state index in [0.29, 0.717) is 6.04 Å². The van der Waals surface area contributed by atoms with Gasteiger partial charge in [0.25, 0.3) is 0 Å². The van der Waals surface area contributed by atoms with E-state index in [1.807, 2.05) is 6.20 Å². The summed E-state index contributed by atoms with van der Waals surface area (Å²) in [6.07, 6.45) is 6.83. The lowest BCUT2D eigenvalue weighted by Gasteiger charge is -2.37. The van der Waals surface area contributed by atoms with Gasteiger partial charge < -0.3 is 11.1 Å². The third-order valence-electron chi connectivity index (χ3n) is 3.90. The van der Waals surface area contributed by atoms with Crippen molar-refractivity contribution in [1.82, 2.24) is 10.3 Å². The highest BCUT2D eigenvalue weighted by Gasteiger charge is 2.31. The number of rotatable bonds is 4. The van der Waals surface area contributed by atoms with Crippen molar-refractivity contribution < 1.29 is 0 Å². The van der Waals surface area contributed by atoms with Crippen molar-refractivity contribution >= 4 is 11.3 Å². The predicted molar refractivity (Wildman–Crippen MR) is 77.8 cm³/mol. The van der Waals surface area contributed by atoms with E-state index in [2.05, 4.69) is 31.1 Å². The summed E-state index contributed by atoms with van der Waals surface area (Å²) in [7, 11) is 0. The number of thiazole rings is 1. The number of aryl methyl sites for hydroxylation is 1. The SMILES string of the molecule is Cc1cnc(C(C)NCC2(N)CCCC(C)C2)s1. The molecule has 1 aliphatic carbocycles. The van der Waals surface area contributed by atoms with Crippen molar-refractivity contribution in [2.24, 2.45) is 11.7 Å². The molecule has 0 aliphatic heterocycles. The summed E-state index contributed by atoms with van der Waals surface area (Å²) in [6.45, 7) is 7.49. The Bertz CT molecular complexity index is 390. The standard InChI is InChI=1S/C14H25N3S/c1-10-5-4-6-14(15,7-10)9-17-12(3)13-16-8-11(2)18-13/h8,10,12,17H,4-7,9,15H2,1-3H3. The van der Waals surface area contributed by atoms with Gasteiger partial charge in [-0.2, -0.15) is 0 Å². The molecule has 3 nitrogen and oxygen atoms in total. The Morgan fingerprint density at radius 1 is 1.67 bits per heavy atom. The molecule has 0 spiro atoms. The molecule has 3 atom stereocenters. The van der Waals surface area contributed by atoms with E-state index in [1.54, 1.807) is 11.3 Å². The zero-order chi connectivity index (χ0) is 13.2. The first-order valence-electron chi connectivity index (χ1n) is 6.93. The lowest BCUT2D eigenvalue weighted by Crippen LogP contribution is -2.51. The van der Waals surface area contributed by atoms with Crippen LogP contribution in [0.1, 0.15) is 55.5 Å². The van der Waals surface area contributed by atoms with E-state index in [4.69, 9.17) is 5.73 Å². The van der Waals surface area contributed by atoms with Crippen LogP contribution in [0.25, 0.3) is 0 Å². The topological polar surface area (TPSA) is 50.9 Å². The summed E-state index contributed by atoms with van der Waals surface area (Å²) in [5, 5.41) is 4.73. The molecule has 3 N–H and O–H groups in total. The maximum atomic E-state index is 6.50. The molecule has 4 heteroatoms. The number of aromatic nitrogens is 1. The summed E-state index contributed by atoms with van der Waals surface area (Å²) in [6, 6.07) is 0.307. The molecule has 0 amide bonds. The summed E-state index contributed by atoms with van der Waals surface area (Å²) < 4.78 is 0. The Balaban J connectivity index is 1.87. The molecule has 1 aromatic heterocycles. The molecule has 3 unspecified atom stereocenters. The average molecular weight is 267 g/mol. The third-order valence-corrected chi connectivity index (χ3v) is 4.99. The minimum atomic E-state index is -0.0156. The maximum absolute atomic E-state index is 6.50. The zero-order valence-electron chi connectivity index (χ0n) is 11.7. The maximum Gasteiger partial charge on any atom is 0.109 e. The number of hydrogen-bond acceptors (Lipinski definition) is 4. The first kappa shape index (κ1) is 14.0. The first-order valence-corrected chi connectivity index (χ1v) is 7.75. The molecule has 0 radical (unpaired) electrons. The van der Waals surface area contributed by atoms with Gasteiger partial charge in [0, 0.05) is 23.2 Å². The number of nitrogens with zero attached hydrogens (tertiary/aromatic N) is 1. The zero-order valence-corrected chi connectivity index (χ0v) is 12.5. The minimum Gasteiger partial charge on any atom is -0.324 e. The molecular formula is C14H25N3S. The van der Waals surface area contributed by atoms with Gasteiger partial charge in [0.2, 0.25) is 0 Å². The molecule has 0 saturated heterocycles. The summed E-state index contributed by atoms with van der Waals surface area (Å²) >= 11 is 1.77. The van der Waals surface area contributed by atoms with Crippen molar-refractivity contribution in [2.75, 3.05) is 6.54 Å². The third kappa shape index (κ3) is 3.53. The Kier molecular flexibility index (Phi) is 4.41. The summed E-state index contributed by atoms with van der Waals surface area (Å²) in [5.41, 5.74) is 6.49. The molecule has 1 saturated carbocycles. The molecule has 18 heavy (non-hydrogen) atoms. The molecule has 1 fully saturated rings. The Labute approximate surface area is 114 Å². The van der Waals surface area contributed by atoms with Crippen LogP contribution in [0.15, 0.2) is 6.20 Å². The number of nitrogens with one attached hydrogen (secondary N) is 1. The van der Waals surface area contributed by atoms with E-state index >= 15 is 0 Å². The van der Waals surface area contributed by atoms with Crippen LogP contribution in [0.2, 0.25) is 0 Å². The first-order chi connectivity index (χ1) is 8.48. The summed E-state index contributed by atoms with van der Waals surface area (Å²) in [5.74, 6) is 0.767. The molecule has 1 aromatic rings. The fourth-order valence-electron chi connectivity index (χ4n) is 2.88. The fraction of sp³-hybridized carbons (Fsp3) is 0.786. The molecule has 1 aliphatic rings. The van der Waals surface area contributed by atoms with Crippen LogP contribution < -0.4 is 11.1 Å². The normalized spacial score (nSPS) is 30.3. The monoisotopic (exact) mass is 267 g/mol. The van der Waals surface area contributed by atoms with Crippen LogP contribution in [-0.2, 0) is 0 Å². The van der Waals surface area contributed by atoms with E-state index in [-0.39, 0.29) is 5.54 Å². The van der Waals surface area contributed by atoms with Crippen LogP contribution in [0.5, 0.6) is 0 Å². The van der Waals surface area contributed by atoms with Crippen LogP contribution in [0, 0.1) is 12.8 Å². The van der Waals surface area contributed by atoms with Gasteiger partial charge in [-0.15, -0.1) is 11.3 Å². The number of hydrogen-bond donors (Lipinski definition) is 2. The molecule has 0 bridgehead atoms. The van der Waals surface area contributed by atoms with Gasteiger partial charge in [0.1, 0.15) is 5.01 Å². The highest BCUT2D eigenvalue weighted by atomic mass is 32.1. The number of nitrogens with two attached hydrogens (primary N) is 1. The van der Waals surface area contributed by atoms with E-state index < -0.39 is 0 Å². The van der Waals surface area contributed by atoms with Gasteiger partial charge in [0.05, 0.1) is 6.04 Å². The van der Waals surface area contributed by atoms with Crippen LogP contribution in [0.3, 0.4) is 0 Å². The fourth-order valence-corrected chi connectivity index (χ4v) is 3.68. The van der Waals surface area contributed by atoms with E-state index in [1.165, 1.54) is 22.7 Å². The second-order valence-corrected chi connectivity index (χ2v) is 7.24. The Morgan fingerprint density at radius 2 is 2.44 bits per heavy atom. The minimum absolute atomic E-state index is 0.0156. The van der Waals surface area contributed by atoms with Crippen molar-refractivity contribution in [3.63, 3.8) is 0 Å². The van der Waals surface area contributed by atoms with Crippen LogP contribution in [0.4, 0.5) is 0 Å². The van der Waals surface area contributed by atoms with E-state index in [9.17, 15) is 0 Å². The molecule has 0 aromatic carbocycles. The van der Waals surface area contributed by atoms with Crippen molar-refractivity contribution in [3.8, 4) is 0 Å². The van der Waals surface area contributed by atoms with Gasteiger partial charge in [-0.3, -0.25) is 0 Å². The highest BCUT2D eigenvalue weighted by molar-refractivity contribution is 7.11. The van der Waals surface area contributed by atoms with Gasteiger partial charge in [-0.25, -0.2) is 4.98 Å². The smallest absolute Gasteiger partial charge is 0.109 e. The van der Waals surface area contributed by atoms with Gasteiger partial charge in [-0.1, -0.05) is 19.8 Å². The lowest BCUT2D eigenvalue weighted by atomic mass is 9.77. The quantitative estimate of drug-likeness (QED) is 0.881. The summed E-state index contributed by atoms with van der Waals surface area (Å²) in [4.78, 5) is 5.70. The second-order valence-electron chi connectivity index (χ2n) is 5.98. The van der Waals surface area contributed by atoms with Crippen LogP contribution >= 0.6 is 11.3 Å². The van der Waals surface area contributed by atoms with E-state index in [0.717, 1.165) is 25.3 Å². The predicted octanol–water partition coefficient (Wildman–Crippen LogP) is 3.01. The molecule has 2 rings (SSSR count). The van der Waals surface area contributed by atoms with Crippen molar-refractivity contribution in [2.45, 2.75) is 58.0 Å². The van der Waals surface area contributed by atoms with Gasteiger partial charge >= 0.3 is 0 Å². The molecule has 102 valence electrons. The molecule has 1 heterocycles. The largest absolute Gasteiger partial charge is 0.324 e. The van der Waals surface area contributed by atoms with Crippen LogP contribution in [-0.4, -0.2) is 17.1 Å².